The molecule has 0 unspecified atom stereocenters. The van der Waals surface area contributed by atoms with Crippen molar-refractivity contribution in [2.45, 2.75) is 0 Å². The van der Waals surface area contributed by atoms with Gasteiger partial charge in [-0.2, -0.15) is 0 Å². The van der Waals surface area contributed by atoms with Gasteiger partial charge in [-0.1, -0.05) is 0 Å². The van der Waals surface area contributed by atoms with E-state index < -0.39 is 9.93 Å². The van der Waals surface area contributed by atoms with Crippen LogP contribution in [0.15, 0.2) is 0 Å². The van der Waals surface area contributed by atoms with Gasteiger partial charge in [0.25, 0.3) is 0 Å². The molecule has 0 bridgehead atoms. The van der Waals surface area contributed by atoms with Crippen molar-refractivity contribution < 1.29 is 21.2 Å². The molecule has 0 N–H and O–H groups in total. The summed E-state index contributed by atoms with van der Waals surface area (Å²) in [4.78, 5) is 0. The van der Waals surface area contributed by atoms with Gasteiger partial charge in [-0.15, -0.1) is 4.21 Å². The minimum absolute atomic E-state index is 0. The van der Waals surface area contributed by atoms with Gasteiger partial charge in [0, 0.05) is 0 Å². The molecule has 0 fully saturated rings. The van der Waals surface area contributed by atoms with Gasteiger partial charge in [-0.3, -0.25) is 0 Å². The zero-order chi connectivity index (χ0) is 4.50. The van der Waals surface area contributed by atoms with Crippen LogP contribution in [0.2, 0.25) is 0 Å². The summed E-state index contributed by atoms with van der Waals surface area (Å²) < 4.78 is 10.2. The third kappa shape index (κ3) is 154. The molecule has 40 valence electrons. The van der Waals surface area contributed by atoms with Crippen LogP contribution in [0, 0.1) is 0 Å². The van der Waals surface area contributed by atoms with Gasteiger partial charge < -0.3 is 17.0 Å². The van der Waals surface area contributed by atoms with E-state index in [1.165, 1.54) is 0 Å². The maximum Gasteiger partial charge on any atom is 0.101 e. The van der Waals surface area contributed by atoms with Gasteiger partial charge in [-0.05, 0) is 0 Å². The Morgan fingerprint density at radius 3 is 1.17 bits per heavy atom. The van der Waals surface area contributed by atoms with E-state index in [2.05, 4.69) is 0 Å². The summed E-state index contributed by atoms with van der Waals surface area (Å²) >= 11 is 0. The molecule has 0 spiro atoms. The summed E-state index contributed by atoms with van der Waals surface area (Å²) in [7, 11) is -1.42. The number of hydrogen-bond donors (Lipinski definition) is 0. The number of halogens is 1. The quantitative estimate of drug-likeness (QED) is 0.366. The smallest absolute Gasteiger partial charge is 0.101 e. The van der Waals surface area contributed by atoms with Crippen molar-refractivity contribution in [3.8, 4) is 0 Å². The molecule has 0 saturated heterocycles. The summed E-state index contributed by atoms with van der Waals surface area (Å²) in [6.45, 7) is 0. The van der Waals surface area contributed by atoms with Crippen molar-refractivity contribution in [1.29, 1.82) is 0 Å². The largest absolute Gasteiger partial charge is 1.00 e. The molecule has 0 aromatic rings. The molecule has 0 aliphatic carbocycles. The molecule has 0 aliphatic rings. The molecule has 0 radical (unpaired) electrons. The van der Waals surface area contributed by atoms with E-state index in [9.17, 15) is 4.21 Å². The third-order valence-electron chi connectivity index (χ3n) is 0. The van der Waals surface area contributed by atoms with Crippen molar-refractivity contribution in [3.63, 3.8) is 0 Å². The van der Waals surface area contributed by atoms with Crippen LogP contribution in [0.4, 0.5) is 0 Å². The van der Waals surface area contributed by atoms with Crippen LogP contribution < -0.4 is 17.0 Å². The molecule has 0 amide bonds. The van der Waals surface area contributed by atoms with E-state index in [1.54, 1.807) is 18.8 Å². The molecule has 6 heavy (non-hydrogen) atoms. The molecule has 0 aromatic heterocycles. The van der Waals surface area contributed by atoms with Crippen molar-refractivity contribution >= 4 is 9.93 Å². The second-order valence-electron chi connectivity index (χ2n) is 1.72. The van der Waals surface area contributed by atoms with E-state index in [1.807, 2.05) is 0 Å². The highest BCUT2D eigenvalue weighted by Crippen LogP contribution is 1.78. The topological polar surface area (TPSA) is 17.1 Å². The summed E-state index contributed by atoms with van der Waals surface area (Å²) in [5.74, 6) is 0. The maximum atomic E-state index is 10.2. The standard InChI is InChI=1S/C3H9OS.BrH/c1-5(2,3)4;/h1-3H3;1H/q+1;/p-1. The second-order valence-corrected chi connectivity index (χ2v) is 5.17. The van der Waals surface area contributed by atoms with Gasteiger partial charge in [0.1, 0.15) is 18.8 Å². The Labute approximate surface area is 50.3 Å². The molecule has 0 aromatic carbocycles. The Hall–Kier alpha value is 0.630. The fourth-order valence-corrected chi connectivity index (χ4v) is 0. The Kier molecular flexibility index (Phi) is 4.49. The number of hydrogen-bond acceptors (Lipinski definition) is 1. The average Bonchev–Trinajstić information content (AvgIpc) is 0.722. The predicted octanol–water partition coefficient (Wildman–Crippen LogP) is -2.62. The van der Waals surface area contributed by atoms with Crippen LogP contribution in [0.3, 0.4) is 0 Å². The summed E-state index contributed by atoms with van der Waals surface area (Å²) in [5, 5.41) is 0. The molecule has 1 nitrogen and oxygen atoms in total. The highest BCUT2D eigenvalue weighted by Gasteiger charge is 1.95. The van der Waals surface area contributed by atoms with Gasteiger partial charge in [0.2, 0.25) is 0 Å². The van der Waals surface area contributed by atoms with Gasteiger partial charge in [-0.25, -0.2) is 0 Å². The van der Waals surface area contributed by atoms with Crippen molar-refractivity contribution in [3.05, 3.63) is 0 Å². The highest BCUT2D eigenvalue weighted by molar-refractivity contribution is 8.00. The second kappa shape index (κ2) is 2.75. The first kappa shape index (κ1) is 9.80. The molecular weight excluding hydrogens is 164 g/mol. The van der Waals surface area contributed by atoms with Crippen LogP contribution in [-0.2, 0) is 14.1 Å². The lowest BCUT2D eigenvalue weighted by atomic mass is 11.9. The van der Waals surface area contributed by atoms with Crippen LogP contribution in [0.25, 0.3) is 0 Å². The Bertz CT molecular complexity index is 56.9. The Morgan fingerprint density at radius 2 is 1.17 bits per heavy atom. The van der Waals surface area contributed by atoms with E-state index in [0.717, 1.165) is 0 Å². The zero-order valence-corrected chi connectivity index (χ0v) is 6.60. The van der Waals surface area contributed by atoms with Crippen LogP contribution >= 0.6 is 0 Å². The van der Waals surface area contributed by atoms with Gasteiger partial charge in [0.15, 0.2) is 0 Å². The molecule has 0 saturated carbocycles. The molecular formula is C3H9BrOS. The van der Waals surface area contributed by atoms with Gasteiger partial charge >= 0.3 is 0 Å². The fraction of sp³-hybridized carbons (Fsp3) is 1.00. The zero-order valence-electron chi connectivity index (χ0n) is 4.19. The lowest BCUT2D eigenvalue weighted by molar-refractivity contribution is -0.00000277. The highest BCUT2D eigenvalue weighted by atomic mass is 79.9. The van der Waals surface area contributed by atoms with E-state index in [4.69, 9.17) is 0 Å². The number of rotatable bonds is 0. The van der Waals surface area contributed by atoms with Crippen LogP contribution in [0.1, 0.15) is 0 Å². The predicted molar refractivity (Wildman–Crippen MR) is 25.8 cm³/mol. The monoisotopic (exact) mass is 172 g/mol. The fourth-order valence-electron chi connectivity index (χ4n) is 0. The molecule has 3 heteroatoms. The van der Waals surface area contributed by atoms with E-state index in [-0.39, 0.29) is 17.0 Å². The molecule has 0 aliphatic heterocycles. The summed E-state index contributed by atoms with van der Waals surface area (Å²) in [6.07, 6.45) is 5.15. The first-order chi connectivity index (χ1) is 2.00. The lowest BCUT2D eigenvalue weighted by Crippen LogP contribution is -3.00. The van der Waals surface area contributed by atoms with Crippen molar-refractivity contribution in [1.82, 2.24) is 0 Å². The molecule has 0 heterocycles. The first-order valence-corrected chi connectivity index (χ1v) is 4.17. The van der Waals surface area contributed by atoms with E-state index >= 15 is 0 Å². The summed E-state index contributed by atoms with van der Waals surface area (Å²) in [6, 6.07) is 0. The van der Waals surface area contributed by atoms with Crippen molar-refractivity contribution in [2.24, 2.45) is 0 Å². The normalized spacial score (nSPS) is 9.83. The first-order valence-electron chi connectivity index (χ1n) is 1.39. The minimum Gasteiger partial charge on any atom is -1.00 e. The van der Waals surface area contributed by atoms with Crippen LogP contribution in [-0.4, -0.2) is 18.8 Å². The SMILES string of the molecule is C[S+](C)(C)=O.[Br-]. The van der Waals surface area contributed by atoms with Crippen molar-refractivity contribution in [2.75, 3.05) is 18.8 Å². The maximum absolute atomic E-state index is 10.2. The summed E-state index contributed by atoms with van der Waals surface area (Å²) in [5.41, 5.74) is 0. The lowest BCUT2D eigenvalue weighted by Gasteiger charge is -1.80. The van der Waals surface area contributed by atoms with Gasteiger partial charge in [0.05, 0.1) is 9.93 Å². The Balaban J connectivity index is 0. The average molecular weight is 173 g/mol. The Morgan fingerprint density at radius 1 is 1.17 bits per heavy atom. The van der Waals surface area contributed by atoms with E-state index in [0.29, 0.717) is 0 Å². The van der Waals surface area contributed by atoms with Crippen LogP contribution in [0.5, 0.6) is 0 Å². The molecule has 0 rings (SSSR count). The molecule has 0 atom stereocenters. The third-order valence-corrected chi connectivity index (χ3v) is 0. The minimum atomic E-state index is -1.42.